The number of aromatic nitrogens is 1. The van der Waals surface area contributed by atoms with Crippen molar-refractivity contribution >= 4 is 16.6 Å². The smallest absolute Gasteiger partial charge is 0.161 e. The normalized spacial score (nSPS) is 10.7. The Kier molecular flexibility index (Phi) is 2.49. The van der Waals surface area contributed by atoms with Gasteiger partial charge in [0.25, 0.3) is 0 Å². The van der Waals surface area contributed by atoms with E-state index in [0.717, 1.165) is 16.7 Å². The van der Waals surface area contributed by atoms with Crippen molar-refractivity contribution in [3.63, 3.8) is 0 Å². The van der Waals surface area contributed by atoms with Gasteiger partial charge in [0.15, 0.2) is 5.78 Å². The van der Waals surface area contributed by atoms with Crippen molar-refractivity contribution in [2.45, 2.75) is 6.92 Å². The number of fused-ring (bicyclic) bond motifs is 1. The molecule has 0 radical (unpaired) electrons. The number of hydrogen-bond acceptors (Lipinski definition) is 1. The lowest BCUT2D eigenvalue weighted by molar-refractivity contribution is 0.101. The number of rotatable bonds is 2. The van der Waals surface area contributed by atoms with Gasteiger partial charge in [0.2, 0.25) is 0 Å². The first-order chi connectivity index (χ1) is 8.77. The Balaban J connectivity index is 2.32. The van der Waals surface area contributed by atoms with Gasteiger partial charge in [-0.1, -0.05) is 42.5 Å². The van der Waals surface area contributed by atoms with Crippen molar-refractivity contribution in [3.8, 4) is 11.1 Å². The maximum absolute atomic E-state index is 11.6. The summed E-state index contributed by atoms with van der Waals surface area (Å²) in [5.74, 6) is 0.0826. The van der Waals surface area contributed by atoms with Gasteiger partial charge < -0.3 is 4.98 Å². The third kappa shape index (κ3) is 1.63. The van der Waals surface area contributed by atoms with Gasteiger partial charge in [-0.25, -0.2) is 0 Å². The molecule has 0 spiro atoms. The Labute approximate surface area is 105 Å². The first kappa shape index (κ1) is 10.8. The summed E-state index contributed by atoms with van der Waals surface area (Å²) in [5.41, 5.74) is 2.81. The zero-order chi connectivity index (χ0) is 12.5. The number of H-pyrrole nitrogens is 1. The number of ketones is 1. The van der Waals surface area contributed by atoms with Gasteiger partial charge in [0, 0.05) is 23.5 Å². The zero-order valence-corrected chi connectivity index (χ0v) is 10.1. The SMILES string of the molecule is CC(=O)c1c[nH]cc1-c1cccc2ccccc12. The largest absolute Gasteiger partial charge is 0.366 e. The number of carbonyl (C=O) groups excluding carboxylic acids is 1. The molecule has 0 aliphatic carbocycles. The van der Waals surface area contributed by atoms with E-state index in [1.54, 1.807) is 13.1 Å². The molecule has 3 rings (SSSR count). The highest BCUT2D eigenvalue weighted by Crippen LogP contribution is 2.30. The van der Waals surface area contributed by atoms with Crippen molar-refractivity contribution in [2.24, 2.45) is 0 Å². The minimum Gasteiger partial charge on any atom is -0.366 e. The summed E-state index contributed by atoms with van der Waals surface area (Å²) in [6.45, 7) is 1.60. The lowest BCUT2D eigenvalue weighted by atomic mass is 9.97. The van der Waals surface area contributed by atoms with Crippen LogP contribution >= 0.6 is 0 Å². The van der Waals surface area contributed by atoms with Crippen LogP contribution in [0.25, 0.3) is 21.9 Å². The third-order valence-electron chi connectivity index (χ3n) is 3.20. The topological polar surface area (TPSA) is 32.9 Å². The number of carbonyl (C=O) groups is 1. The second-order valence-electron chi connectivity index (χ2n) is 4.37. The molecule has 88 valence electrons. The van der Waals surface area contributed by atoms with Gasteiger partial charge in [0.05, 0.1) is 0 Å². The zero-order valence-electron chi connectivity index (χ0n) is 10.1. The summed E-state index contributed by atoms with van der Waals surface area (Å²) in [4.78, 5) is 14.6. The predicted octanol–water partition coefficient (Wildman–Crippen LogP) is 4.04. The highest BCUT2D eigenvalue weighted by molar-refractivity contribution is 6.05. The van der Waals surface area contributed by atoms with Crippen molar-refractivity contribution in [1.29, 1.82) is 0 Å². The molecule has 1 heterocycles. The first-order valence-corrected chi connectivity index (χ1v) is 5.93. The van der Waals surface area contributed by atoms with E-state index in [4.69, 9.17) is 0 Å². The first-order valence-electron chi connectivity index (χ1n) is 5.93. The third-order valence-corrected chi connectivity index (χ3v) is 3.20. The van der Waals surface area contributed by atoms with E-state index in [2.05, 4.69) is 29.2 Å². The molecule has 0 aliphatic heterocycles. The molecule has 2 nitrogen and oxygen atoms in total. The molecular formula is C16H13NO. The van der Waals surface area contributed by atoms with Crippen molar-refractivity contribution in [2.75, 3.05) is 0 Å². The quantitative estimate of drug-likeness (QED) is 0.668. The molecule has 1 N–H and O–H groups in total. The van der Waals surface area contributed by atoms with E-state index < -0.39 is 0 Å². The molecule has 2 aromatic carbocycles. The van der Waals surface area contributed by atoms with Crippen LogP contribution in [0.4, 0.5) is 0 Å². The van der Waals surface area contributed by atoms with E-state index in [0.29, 0.717) is 0 Å². The Morgan fingerprint density at radius 3 is 2.56 bits per heavy atom. The summed E-state index contributed by atoms with van der Waals surface area (Å²) in [6.07, 6.45) is 3.65. The van der Waals surface area contributed by atoms with Gasteiger partial charge >= 0.3 is 0 Å². The number of nitrogens with one attached hydrogen (secondary N) is 1. The van der Waals surface area contributed by atoms with Crippen LogP contribution in [-0.2, 0) is 0 Å². The van der Waals surface area contributed by atoms with Gasteiger partial charge in [-0.2, -0.15) is 0 Å². The Bertz CT molecular complexity index is 719. The second kappa shape index (κ2) is 4.15. The summed E-state index contributed by atoms with van der Waals surface area (Å²) >= 11 is 0. The number of hydrogen-bond donors (Lipinski definition) is 1. The van der Waals surface area contributed by atoms with Gasteiger partial charge in [-0.15, -0.1) is 0 Å². The van der Waals surface area contributed by atoms with Crippen LogP contribution in [0, 0.1) is 0 Å². The molecule has 0 bridgehead atoms. The number of benzene rings is 2. The monoisotopic (exact) mass is 235 g/mol. The molecule has 2 heteroatoms. The van der Waals surface area contributed by atoms with Crippen LogP contribution < -0.4 is 0 Å². The van der Waals surface area contributed by atoms with Crippen molar-refractivity contribution < 1.29 is 4.79 Å². The molecule has 0 saturated heterocycles. The van der Waals surface area contributed by atoms with Crippen LogP contribution in [0.15, 0.2) is 54.9 Å². The lowest BCUT2D eigenvalue weighted by Crippen LogP contribution is -1.92. The fraction of sp³-hybridized carbons (Fsp3) is 0.0625. The molecular weight excluding hydrogens is 222 g/mol. The summed E-state index contributed by atoms with van der Waals surface area (Å²) in [6, 6.07) is 14.4. The van der Waals surface area contributed by atoms with Gasteiger partial charge in [-0.3, -0.25) is 4.79 Å². The van der Waals surface area contributed by atoms with E-state index in [9.17, 15) is 4.79 Å². The average Bonchev–Trinajstić information content (AvgIpc) is 2.87. The van der Waals surface area contributed by atoms with Gasteiger partial charge in [-0.05, 0) is 23.3 Å². The van der Waals surface area contributed by atoms with Crippen LogP contribution in [-0.4, -0.2) is 10.8 Å². The lowest BCUT2D eigenvalue weighted by Gasteiger charge is -2.06. The summed E-state index contributed by atoms with van der Waals surface area (Å²) in [5, 5.41) is 2.35. The van der Waals surface area contributed by atoms with E-state index in [1.807, 2.05) is 24.4 Å². The number of Topliss-reactive ketones (excluding diaryl/α,β-unsaturated/α-hetero) is 1. The molecule has 0 unspecified atom stereocenters. The standard InChI is InChI=1S/C16H13NO/c1-11(18)15-9-17-10-16(15)14-8-4-6-12-5-2-3-7-13(12)14/h2-10,17H,1H3. The second-order valence-corrected chi connectivity index (χ2v) is 4.37. The molecule has 18 heavy (non-hydrogen) atoms. The predicted molar refractivity (Wildman–Crippen MR) is 73.7 cm³/mol. The summed E-state index contributed by atoms with van der Waals surface area (Å²) < 4.78 is 0. The Morgan fingerprint density at radius 2 is 1.72 bits per heavy atom. The van der Waals surface area contributed by atoms with E-state index in [-0.39, 0.29) is 5.78 Å². The van der Waals surface area contributed by atoms with Crippen LogP contribution in [0.3, 0.4) is 0 Å². The average molecular weight is 235 g/mol. The molecule has 3 aromatic rings. The molecule has 0 amide bonds. The van der Waals surface area contributed by atoms with Crippen LogP contribution in [0.1, 0.15) is 17.3 Å². The molecule has 0 aliphatic rings. The maximum Gasteiger partial charge on any atom is 0.161 e. The van der Waals surface area contributed by atoms with E-state index >= 15 is 0 Å². The Morgan fingerprint density at radius 1 is 0.944 bits per heavy atom. The fourth-order valence-electron chi connectivity index (χ4n) is 2.34. The Hall–Kier alpha value is -2.35. The maximum atomic E-state index is 11.6. The highest BCUT2D eigenvalue weighted by atomic mass is 16.1. The summed E-state index contributed by atoms with van der Waals surface area (Å²) in [7, 11) is 0. The van der Waals surface area contributed by atoms with Crippen LogP contribution in [0.5, 0.6) is 0 Å². The molecule has 0 saturated carbocycles. The van der Waals surface area contributed by atoms with Crippen LogP contribution in [0.2, 0.25) is 0 Å². The fourth-order valence-corrected chi connectivity index (χ4v) is 2.34. The molecule has 1 aromatic heterocycles. The number of aromatic amines is 1. The van der Waals surface area contributed by atoms with Crippen molar-refractivity contribution in [3.05, 3.63) is 60.4 Å². The minimum atomic E-state index is 0.0826. The highest BCUT2D eigenvalue weighted by Gasteiger charge is 2.12. The molecule has 0 atom stereocenters. The molecule has 0 fully saturated rings. The minimum absolute atomic E-state index is 0.0826. The van der Waals surface area contributed by atoms with Crippen molar-refractivity contribution in [1.82, 2.24) is 4.98 Å². The van der Waals surface area contributed by atoms with E-state index in [1.165, 1.54) is 10.8 Å². The van der Waals surface area contributed by atoms with Gasteiger partial charge in [0.1, 0.15) is 0 Å².